The monoisotopic (exact) mass is 429 g/mol. The van der Waals surface area contributed by atoms with Crippen molar-refractivity contribution in [3.05, 3.63) is 45.2 Å². The first-order chi connectivity index (χ1) is 14.5. The van der Waals surface area contributed by atoms with E-state index >= 15 is 0 Å². The highest BCUT2D eigenvalue weighted by atomic mass is 32.1. The molecule has 2 fully saturated rings. The van der Waals surface area contributed by atoms with Crippen molar-refractivity contribution in [1.29, 1.82) is 0 Å². The van der Waals surface area contributed by atoms with Gasteiger partial charge in [-0.05, 0) is 68.9 Å². The summed E-state index contributed by atoms with van der Waals surface area (Å²) < 4.78 is 11.6. The van der Waals surface area contributed by atoms with Crippen molar-refractivity contribution in [2.45, 2.75) is 58.3 Å². The van der Waals surface area contributed by atoms with Gasteiger partial charge in [0.05, 0.1) is 24.3 Å². The van der Waals surface area contributed by atoms with Crippen LogP contribution in [0, 0.1) is 13.8 Å². The van der Waals surface area contributed by atoms with Crippen LogP contribution in [-0.2, 0) is 16.0 Å². The Hall–Kier alpha value is -1.96. The van der Waals surface area contributed by atoms with Crippen molar-refractivity contribution >= 4 is 28.2 Å². The minimum atomic E-state index is -0.0598. The number of pyridine rings is 1. The van der Waals surface area contributed by atoms with E-state index in [-0.39, 0.29) is 17.8 Å². The Kier molecular flexibility index (Phi) is 6.71. The van der Waals surface area contributed by atoms with Gasteiger partial charge in [0.25, 0.3) is 5.56 Å². The molecule has 0 amide bonds. The van der Waals surface area contributed by atoms with Gasteiger partial charge in [0.2, 0.25) is 0 Å². The number of rotatable bonds is 6. The molecule has 4 rings (SSSR count). The maximum atomic E-state index is 12.9. The van der Waals surface area contributed by atoms with Gasteiger partial charge >= 0.3 is 0 Å². The Balaban J connectivity index is 1.55. The number of nitrogens with one attached hydrogen (secondary N) is 2. The van der Waals surface area contributed by atoms with Crippen LogP contribution in [0.3, 0.4) is 0 Å². The third-order valence-electron chi connectivity index (χ3n) is 6.12. The summed E-state index contributed by atoms with van der Waals surface area (Å²) >= 11 is 5.72. The van der Waals surface area contributed by atoms with Gasteiger partial charge in [-0.1, -0.05) is 12.1 Å². The van der Waals surface area contributed by atoms with Crippen LogP contribution in [0.5, 0.6) is 0 Å². The zero-order chi connectivity index (χ0) is 21.1. The van der Waals surface area contributed by atoms with E-state index in [1.807, 2.05) is 19.1 Å². The highest BCUT2D eigenvalue weighted by molar-refractivity contribution is 7.80. The number of fused-ring (bicyclic) bond motifs is 1. The van der Waals surface area contributed by atoms with Crippen molar-refractivity contribution in [2.75, 3.05) is 26.3 Å². The first-order valence-electron chi connectivity index (χ1n) is 10.9. The van der Waals surface area contributed by atoms with E-state index in [9.17, 15) is 4.79 Å². The molecule has 0 unspecified atom stereocenters. The van der Waals surface area contributed by atoms with Gasteiger partial charge in [-0.3, -0.25) is 4.79 Å². The van der Waals surface area contributed by atoms with Crippen LogP contribution in [0.15, 0.2) is 23.0 Å². The fourth-order valence-corrected chi connectivity index (χ4v) is 4.54. The fraction of sp³-hybridized carbons (Fsp3) is 0.565. The average molecular weight is 430 g/mol. The third kappa shape index (κ3) is 4.85. The highest BCUT2D eigenvalue weighted by Gasteiger charge is 2.23. The largest absolute Gasteiger partial charge is 0.376 e. The molecule has 2 N–H and O–H groups in total. The lowest BCUT2D eigenvalue weighted by atomic mass is 10.0. The number of aromatic amines is 1. The standard InChI is InChI=1S/C23H31N3O3S/c1-15-7-8-16(2)21-20(15)11-17(22(27)25-21)13-26(14-19-6-4-10-29-19)23(30)24-12-18-5-3-9-28-18/h7-8,11,18-19H,3-6,9-10,12-14H2,1-2H3,(H,24,30)(H,25,27)/t18-,19-/m0/s1. The minimum absolute atomic E-state index is 0.0598. The molecule has 3 heterocycles. The summed E-state index contributed by atoms with van der Waals surface area (Å²) in [7, 11) is 0. The summed E-state index contributed by atoms with van der Waals surface area (Å²) in [5.41, 5.74) is 3.79. The van der Waals surface area contributed by atoms with Crippen LogP contribution in [0.1, 0.15) is 42.4 Å². The summed E-state index contributed by atoms with van der Waals surface area (Å²) in [6.45, 7) is 7.55. The molecule has 0 aliphatic carbocycles. The number of benzene rings is 1. The van der Waals surface area contributed by atoms with Crippen LogP contribution in [0.4, 0.5) is 0 Å². The van der Waals surface area contributed by atoms with E-state index in [0.29, 0.717) is 24.7 Å². The van der Waals surface area contributed by atoms with Crippen molar-refractivity contribution in [3.63, 3.8) is 0 Å². The number of hydrogen-bond donors (Lipinski definition) is 2. The average Bonchev–Trinajstić information content (AvgIpc) is 3.43. The van der Waals surface area contributed by atoms with E-state index in [1.54, 1.807) is 0 Å². The molecule has 2 aliphatic heterocycles. The number of H-pyrrole nitrogens is 1. The summed E-state index contributed by atoms with van der Waals surface area (Å²) in [6, 6.07) is 6.15. The lowest BCUT2D eigenvalue weighted by molar-refractivity contribution is 0.0885. The summed E-state index contributed by atoms with van der Waals surface area (Å²) in [5, 5.41) is 5.10. The lowest BCUT2D eigenvalue weighted by Gasteiger charge is -2.29. The number of aryl methyl sites for hydroxylation is 2. The normalized spacial score (nSPS) is 21.3. The summed E-state index contributed by atoms with van der Waals surface area (Å²) in [4.78, 5) is 18.0. The van der Waals surface area contributed by atoms with Crippen molar-refractivity contribution in [3.8, 4) is 0 Å². The number of ether oxygens (including phenoxy) is 2. The van der Waals surface area contributed by atoms with Gasteiger partial charge in [-0.25, -0.2) is 0 Å². The van der Waals surface area contributed by atoms with Crippen LogP contribution < -0.4 is 10.9 Å². The Morgan fingerprint density at radius 1 is 1.17 bits per heavy atom. The topological polar surface area (TPSA) is 66.6 Å². The quantitative estimate of drug-likeness (QED) is 0.688. The number of aromatic nitrogens is 1. The van der Waals surface area contributed by atoms with Gasteiger partial charge in [-0.2, -0.15) is 0 Å². The Morgan fingerprint density at radius 2 is 1.87 bits per heavy atom. The van der Waals surface area contributed by atoms with E-state index in [1.165, 1.54) is 0 Å². The van der Waals surface area contributed by atoms with Gasteiger partial charge in [-0.15, -0.1) is 0 Å². The van der Waals surface area contributed by atoms with E-state index in [4.69, 9.17) is 21.7 Å². The molecular weight excluding hydrogens is 398 g/mol. The van der Waals surface area contributed by atoms with Crippen LogP contribution in [0.25, 0.3) is 10.9 Å². The van der Waals surface area contributed by atoms with E-state index in [0.717, 1.165) is 66.5 Å². The molecule has 0 saturated carbocycles. The SMILES string of the molecule is Cc1ccc(C)c2[nH]c(=O)c(CN(C[C@@H]3CCCO3)C(=S)NC[C@@H]3CCCO3)cc12. The third-order valence-corrected chi connectivity index (χ3v) is 6.52. The molecule has 2 aromatic rings. The van der Waals surface area contributed by atoms with Gasteiger partial charge in [0, 0.05) is 37.3 Å². The smallest absolute Gasteiger partial charge is 0.253 e. The molecular formula is C23H31N3O3S. The van der Waals surface area contributed by atoms with Crippen LogP contribution in [-0.4, -0.2) is 53.5 Å². The van der Waals surface area contributed by atoms with Crippen LogP contribution in [0.2, 0.25) is 0 Å². The summed E-state index contributed by atoms with van der Waals surface area (Å²) in [5.74, 6) is 0. The predicted molar refractivity (Wildman–Crippen MR) is 123 cm³/mol. The van der Waals surface area contributed by atoms with E-state index < -0.39 is 0 Å². The molecule has 2 aliphatic rings. The fourth-order valence-electron chi connectivity index (χ4n) is 4.31. The molecule has 1 aromatic heterocycles. The molecule has 7 heteroatoms. The zero-order valence-corrected chi connectivity index (χ0v) is 18.6. The maximum absolute atomic E-state index is 12.9. The number of hydrogen-bond acceptors (Lipinski definition) is 4. The maximum Gasteiger partial charge on any atom is 0.253 e. The zero-order valence-electron chi connectivity index (χ0n) is 17.8. The van der Waals surface area contributed by atoms with Crippen molar-refractivity contribution in [2.24, 2.45) is 0 Å². The Morgan fingerprint density at radius 3 is 2.57 bits per heavy atom. The van der Waals surface area contributed by atoms with E-state index in [2.05, 4.69) is 28.2 Å². The van der Waals surface area contributed by atoms with Crippen molar-refractivity contribution < 1.29 is 9.47 Å². The first-order valence-corrected chi connectivity index (χ1v) is 11.3. The Bertz CT molecular complexity index is 962. The first kappa shape index (κ1) is 21.3. The van der Waals surface area contributed by atoms with Gasteiger partial charge in [0.15, 0.2) is 5.11 Å². The van der Waals surface area contributed by atoms with Crippen molar-refractivity contribution in [1.82, 2.24) is 15.2 Å². The molecule has 162 valence electrons. The number of thiocarbonyl (C=S) groups is 1. The molecule has 2 atom stereocenters. The second-order valence-electron chi connectivity index (χ2n) is 8.45. The Labute approximate surface area is 182 Å². The predicted octanol–water partition coefficient (Wildman–Crippen LogP) is 3.18. The lowest BCUT2D eigenvalue weighted by Crippen LogP contribution is -2.45. The highest BCUT2D eigenvalue weighted by Crippen LogP contribution is 2.21. The van der Waals surface area contributed by atoms with Crippen LogP contribution >= 0.6 is 12.2 Å². The minimum Gasteiger partial charge on any atom is -0.376 e. The molecule has 30 heavy (non-hydrogen) atoms. The second-order valence-corrected chi connectivity index (χ2v) is 8.84. The molecule has 0 radical (unpaired) electrons. The van der Waals surface area contributed by atoms with Gasteiger partial charge < -0.3 is 24.7 Å². The van der Waals surface area contributed by atoms with Gasteiger partial charge in [0.1, 0.15) is 0 Å². The number of nitrogens with zero attached hydrogens (tertiary/aromatic N) is 1. The molecule has 0 bridgehead atoms. The molecule has 6 nitrogen and oxygen atoms in total. The summed E-state index contributed by atoms with van der Waals surface area (Å²) in [6.07, 6.45) is 4.62. The molecule has 0 spiro atoms. The molecule has 1 aromatic carbocycles. The molecule has 2 saturated heterocycles. The second kappa shape index (κ2) is 9.45.